The van der Waals surface area contributed by atoms with E-state index in [1.807, 2.05) is 0 Å². The number of carbonyl (C=O) groups is 4. The molecule has 5 amide bonds. The maximum Gasteiger partial charge on any atom is 0.409 e. The molecular weight excluding hydrogens is 430 g/mol. The van der Waals surface area contributed by atoms with Gasteiger partial charge in [-0.05, 0) is 44.0 Å². The van der Waals surface area contributed by atoms with Crippen LogP contribution in [-0.2, 0) is 20.9 Å². The highest BCUT2D eigenvalue weighted by Crippen LogP contribution is 2.12. The predicted octanol–water partition coefficient (Wildman–Crippen LogP) is -0.305. The van der Waals surface area contributed by atoms with Gasteiger partial charge in [-0.2, -0.15) is 0 Å². The number of anilines is 1. The van der Waals surface area contributed by atoms with E-state index in [4.69, 9.17) is 16.2 Å². The molecule has 0 aromatic heterocycles. The fraction of sp³-hybridized carbons (Fsp3) is 0.524. The fourth-order valence-electron chi connectivity index (χ4n) is 2.75. The Hall–Kier alpha value is -3.38. The van der Waals surface area contributed by atoms with Crippen molar-refractivity contribution in [1.29, 1.82) is 0 Å². The lowest BCUT2D eigenvalue weighted by atomic mass is 10.1. The van der Waals surface area contributed by atoms with E-state index < -0.39 is 24.1 Å². The molecule has 0 saturated carbocycles. The highest BCUT2D eigenvalue weighted by molar-refractivity contribution is 5.97. The Balaban J connectivity index is 2.57. The molecule has 0 bridgehead atoms. The molecule has 0 fully saturated rings. The number of hydrogen-bond donors (Lipinski definition) is 6. The minimum absolute atomic E-state index is 0.103. The topological polar surface area (TPSA) is 181 Å². The van der Waals surface area contributed by atoms with Gasteiger partial charge in [0, 0.05) is 32.4 Å². The van der Waals surface area contributed by atoms with Crippen LogP contribution in [0.15, 0.2) is 24.3 Å². The van der Waals surface area contributed by atoms with Crippen LogP contribution in [0.3, 0.4) is 0 Å². The van der Waals surface area contributed by atoms with Gasteiger partial charge in [0.15, 0.2) is 0 Å². The Kier molecular flexibility index (Phi) is 12.9. The molecular formula is C21H35N7O5. The summed E-state index contributed by atoms with van der Waals surface area (Å²) in [5.74, 6) is -0.827. The second kappa shape index (κ2) is 15.4. The van der Waals surface area contributed by atoms with Gasteiger partial charge in [0.25, 0.3) is 0 Å². The van der Waals surface area contributed by atoms with Crippen molar-refractivity contribution >= 4 is 29.6 Å². The molecule has 0 aliphatic heterocycles. The lowest BCUT2D eigenvalue weighted by Gasteiger charge is -2.18. The van der Waals surface area contributed by atoms with Gasteiger partial charge in [-0.3, -0.25) is 9.59 Å². The van der Waals surface area contributed by atoms with Crippen LogP contribution in [0.4, 0.5) is 15.3 Å². The predicted molar refractivity (Wildman–Crippen MR) is 124 cm³/mol. The molecule has 0 aliphatic rings. The van der Waals surface area contributed by atoms with E-state index in [0.29, 0.717) is 44.6 Å². The van der Waals surface area contributed by atoms with Gasteiger partial charge in [0.05, 0.1) is 6.54 Å². The van der Waals surface area contributed by atoms with Gasteiger partial charge in [0.1, 0.15) is 12.6 Å². The second-order valence-electron chi connectivity index (χ2n) is 7.38. The number of nitrogens with zero attached hydrogens (tertiary/aromatic N) is 1. The van der Waals surface area contributed by atoms with Crippen LogP contribution in [-0.4, -0.2) is 75.2 Å². The molecule has 1 aromatic rings. The number of nitrogens with one attached hydrogen (secondary N) is 4. The van der Waals surface area contributed by atoms with E-state index in [1.54, 1.807) is 38.4 Å². The van der Waals surface area contributed by atoms with Crippen molar-refractivity contribution in [2.45, 2.75) is 31.9 Å². The first-order valence-corrected chi connectivity index (χ1v) is 10.7. The first-order valence-electron chi connectivity index (χ1n) is 10.7. The summed E-state index contributed by atoms with van der Waals surface area (Å²) in [4.78, 5) is 48.5. The van der Waals surface area contributed by atoms with Gasteiger partial charge < -0.3 is 42.4 Å². The van der Waals surface area contributed by atoms with Crippen molar-refractivity contribution in [2.24, 2.45) is 11.5 Å². The number of unbranched alkanes of at least 4 members (excludes halogenated alkanes) is 1. The number of carbonyl (C=O) groups excluding carboxylic acids is 4. The molecule has 0 aliphatic carbocycles. The lowest BCUT2D eigenvalue weighted by molar-refractivity contribution is -0.125. The van der Waals surface area contributed by atoms with Gasteiger partial charge >= 0.3 is 12.1 Å². The summed E-state index contributed by atoms with van der Waals surface area (Å²) in [6.07, 6.45) is 1.12. The summed E-state index contributed by atoms with van der Waals surface area (Å²) in [6, 6.07) is 5.45. The van der Waals surface area contributed by atoms with Crippen molar-refractivity contribution in [3.8, 4) is 0 Å². The molecule has 1 atom stereocenters. The van der Waals surface area contributed by atoms with Crippen LogP contribution in [0.1, 0.15) is 24.8 Å². The van der Waals surface area contributed by atoms with Crippen LogP contribution in [0, 0.1) is 0 Å². The largest absolute Gasteiger partial charge is 0.445 e. The monoisotopic (exact) mass is 465 g/mol. The number of amides is 5. The highest BCUT2D eigenvalue weighted by atomic mass is 16.6. The molecule has 0 spiro atoms. The Morgan fingerprint density at radius 3 is 2.39 bits per heavy atom. The van der Waals surface area contributed by atoms with E-state index in [2.05, 4.69) is 21.3 Å². The zero-order valence-corrected chi connectivity index (χ0v) is 19.2. The average molecular weight is 466 g/mol. The van der Waals surface area contributed by atoms with Crippen molar-refractivity contribution in [3.05, 3.63) is 29.8 Å². The number of benzene rings is 1. The summed E-state index contributed by atoms with van der Waals surface area (Å²) in [5, 5.41) is 10.8. The molecule has 184 valence electrons. The minimum atomic E-state index is -0.775. The third kappa shape index (κ3) is 11.7. The molecule has 33 heavy (non-hydrogen) atoms. The maximum atomic E-state index is 12.7. The van der Waals surface area contributed by atoms with Crippen molar-refractivity contribution in [3.63, 3.8) is 0 Å². The van der Waals surface area contributed by atoms with Crippen LogP contribution < -0.4 is 32.7 Å². The summed E-state index contributed by atoms with van der Waals surface area (Å²) >= 11 is 0. The van der Waals surface area contributed by atoms with Crippen LogP contribution in [0.25, 0.3) is 0 Å². The van der Waals surface area contributed by atoms with Crippen molar-refractivity contribution in [1.82, 2.24) is 20.9 Å². The smallest absolute Gasteiger partial charge is 0.409 e. The standard InChI is InChI=1S/C21H35N7O5/c1-24-11-12-28(2)21(32)33-14-15-6-8-16(9-7-15)26-19(30)17(27-18(29)13-22)5-3-4-10-25-20(23)31/h6-9,17,24H,3-5,10-14,22H2,1-2H3,(H,26,30)(H,27,29)(H3,23,25,31). The van der Waals surface area contributed by atoms with E-state index in [1.165, 1.54) is 4.90 Å². The van der Waals surface area contributed by atoms with Crippen LogP contribution in [0.5, 0.6) is 0 Å². The highest BCUT2D eigenvalue weighted by Gasteiger charge is 2.20. The zero-order valence-electron chi connectivity index (χ0n) is 19.2. The number of hydrogen-bond acceptors (Lipinski definition) is 7. The first kappa shape index (κ1) is 27.7. The van der Waals surface area contributed by atoms with E-state index in [-0.39, 0.29) is 19.1 Å². The van der Waals surface area contributed by atoms with Gasteiger partial charge in [-0.1, -0.05) is 12.1 Å². The lowest BCUT2D eigenvalue weighted by Crippen LogP contribution is -2.46. The zero-order chi connectivity index (χ0) is 24.6. The van der Waals surface area contributed by atoms with Crippen LogP contribution in [0.2, 0.25) is 0 Å². The Morgan fingerprint density at radius 2 is 1.79 bits per heavy atom. The molecule has 0 saturated heterocycles. The van der Waals surface area contributed by atoms with Crippen molar-refractivity contribution < 1.29 is 23.9 Å². The summed E-state index contributed by atoms with van der Waals surface area (Å²) < 4.78 is 5.26. The van der Waals surface area contributed by atoms with Crippen LogP contribution >= 0.6 is 0 Å². The second-order valence-corrected chi connectivity index (χ2v) is 7.38. The molecule has 0 heterocycles. The van der Waals surface area contributed by atoms with Gasteiger partial charge in [0.2, 0.25) is 11.8 Å². The number of nitrogens with two attached hydrogens (primary N) is 2. The normalized spacial score (nSPS) is 11.2. The molecule has 8 N–H and O–H groups in total. The van der Waals surface area contributed by atoms with E-state index >= 15 is 0 Å². The first-order chi connectivity index (χ1) is 15.8. The molecule has 1 aromatic carbocycles. The fourth-order valence-corrected chi connectivity index (χ4v) is 2.75. The molecule has 12 nitrogen and oxygen atoms in total. The molecule has 1 rings (SSSR count). The number of primary amides is 1. The van der Waals surface area contributed by atoms with E-state index in [9.17, 15) is 19.2 Å². The summed E-state index contributed by atoms with van der Waals surface area (Å²) in [7, 11) is 3.46. The molecule has 0 radical (unpaired) electrons. The number of likely N-dealkylation sites (N-methyl/N-ethyl adjacent to an activating group) is 2. The Labute approximate surface area is 193 Å². The maximum absolute atomic E-state index is 12.7. The Bertz CT molecular complexity index is 773. The Morgan fingerprint density at radius 1 is 1.09 bits per heavy atom. The third-order valence-corrected chi connectivity index (χ3v) is 4.65. The molecule has 1 unspecified atom stereocenters. The number of urea groups is 1. The number of rotatable bonds is 14. The quantitative estimate of drug-likeness (QED) is 0.204. The average Bonchev–Trinajstić information content (AvgIpc) is 2.80. The van der Waals surface area contributed by atoms with Crippen molar-refractivity contribution in [2.75, 3.05) is 45.6 Å². The number of ether oxygens (including phenoxy) is 1. The minimum Gasteiger partial charge on any atom is -0.445 e. The van der Waals surface area contributed by atoms with Gasteiger partial charge in [-0.25, -0.2) is 9.59 Å². The summed E-state index contributed by atoms with van der Waals surface area (Å²) in [5.41, 5.74) is 11.7. The van der Waals surface area contributed by atoms with E-state index in [0.717, 1.165) is 5.56 Å². The van der Waals surface area contributed by atoms with Gasteiger partial charge in [-0.15, -0.1) is 0 Å². The summed E-state index contributed by atoms with van der Waals surface area (Å²) in [6.45, 7) is 1.45. The SMILES string of the molecule is CNCCN(C)C(=O)OCc1ccc(NC(=O)C(CCCCNC(N)=O)NC(=O)CN)cc1. The molecule has 12 heteroatoms. The third-order valence-electron chi connectivity index (χ3n) is 4.65.